The van der Waals surface area contributed by atoms with Gasteiger partial charge in [-0.3, -0.25) is 4.79 Å². The number of amides is 3. The van der Waals surface area contributed by atoms with Gasteiger partial charge in [0.2, 0.25) is 5.91 Å². The van der Waals surface area contributed by atoms with E-state index in [0.717, 1.165) is 5.56 Å². The SMILES string of the molecule is CN(Cc1ccccc1)C(=O)N[C@@H]1CC(=O)N(c2ccc(F)cc2)C1. The molecule has 0 spiro atoms. The zero-order valence-electron chi connectivity index (χ0n) is 14.0. The molecule has 1 atom stereocenters. The van der Waals surface area contributed by atoms with Crippen LogP contribution in [0.15, 0.2) is 54.6 Å². The minimum atomic E-state index is -0.345. The zero-order chi connectivity index (χ0) is 17.8. The third-order valence-corrected chi connectivity index (χ3v) is 4.20. The average Bonchev–Trinajstić information content (AvgIpc) is 2.96. The number of nitrogens with zero attached hydrogens (tertiary/aromatic N) is 2. The molecule has 1 fully saturated rings. The summed E-state index contributed by atoms with van der Waals surface area (Å²) in [6, 6.07) is 15.0. The number of carbonyl (C=O) groups is 2. The first-order valence-electron chi connectivity index (χ1n) is 8.14. The smallest absolute Gasteiger partial charge is 0.317 e. The molecule has 3 rings (SSSR count). The molecule has 0 aliphatic carbocycles. The lowest BCUT2D eigenvalue weighted by Crippen LogP contribution is -2.43. The molecule has 0 unspecified atom stereocenters. The summed E-state index contributed by atoms with van der Waals surface area (Å²) >= 11 is 0. The van der Waals surface area contributed by atoms with Crippen molar-refractivity contribution in [2.45, 2.75) is 19.0 Å². The van der Waals surface area contributed by atoms with Gasteiger partial charge >= 0.3 is 6.03 Å². The van der Waals surface area contributed by atoms with Crippen molar-refractivity contribution in [2.24, 2.45) is 0 Å². The van der Waals surface area contributed by atoms with Crippen LogP contribution >= 0.6 is 0 Å². The van der Waals surface area contributed by atoms with Crippen LogP contribution in [0.1, 0.15) is 12.0 Å². The van der Waals surface area contributed by atoms with E-state index < -0.39 is 0 Å². The quantitative estimate of drug-likeness (QED) is 0.930. The predicted molar refractivity (Wildman–Crippen MR) is 93.6 cm³/mol. The monoisotopic (exact) mass is 341 g/mol. The number of carbonyl (C=O) groups excluding carboxylic acids is 2. The second-order valence-electron chi connectivity index (χ2n) is 6.17. The van der Waals surface area contributed by atoms with Gasteiger partial charge in [0.1, 0.15) is 5.82 Å². The lowest BCUT2D eigenvalue weighted by Gasteiger charge is -2.21. The van der Waals surface area contributed by atoms with E-state index in [9.17, 15) is 14.0 Å². The predicted octanol–water partition coefficient (Wildman–Crippen LogP) is 2.77. The van der Waals surface area contributed by atoms with Gasteiger partial charge in [-0.25, -0.2) is 9.18 Å². The first kappa shape index (κ1) is 17.0. The van der Waals surface area contributed by atoms with E-state index in [2.05, 4.69) is 5.32 Å². The summed E-state index contributed by atoms with van der Waals surface area (Å²) in [7, 11) is 1.72. The van der Waals surface area contributed by atoms with E-state index in [1.807, 2.05) is 30.3 Å². The summed E-state index contributed by atoms with van der Waals surface area (Å²) in [6.07, 6.45) is 0.238. The third-order valence-electron chi connectivity index (χ3n) is 4.20. The maximum absolute atomic E-state index is 13.0. The Hall–Kier alpha value is -2.89. The second kappa shape index (κ2) is 7.34. The van der Waals surface area contributed by atoms with Crippen LogP contribution in [0, 0.1) is 5.82 Å². The standard InChI is InChI=1S/C19H20FN3O2/c1-22(12-14-5-3-2-4-6-14)19(25)21-16-11-18(24)23(13-16)17-9-7-15(20)8-10-17/h2-10,16H,11-13H2,1H3,(H,21,25)/t16-/m1/s1. The van der Waals surface area contributed by atoms with Crippen LogP contribution in [0.2, 0.25) is 0 Å². The van der Waals surface area contributed by atoms with Gasteiger partial charge in [0, 0.05) is 32.2 Å². The number of urea groups is 1. The summed E-state index contributed by atoms with van der Waals surface area (Å²) in [4.78, 5) is 27.7. The minimum absolute atomic E-state index is 0.0809. The Morgan fingerprint density at radius 3 is 2.56 bits per heavy atom. The van der Waals surface area contributed by atoms with E-state index in [1.54, 1.807) is 29.0 Å². The molecule has 1 saturated heterocycles. The zero-order valence-corrected chi connectivity index (χ0v) is 14.0. The Bertz CT molecular complexity index is 749. The number of nitrogens with one attached hydrogen (secondary N) is 1. The Labute approximate surface area is 146 Å². The molecule has 2 aromatic carbocycles. The van der Waals surface area contributed by atoms with E-state index >= 15 is 0 Å². The summed E-state index contributed by atoms with van der Waals surface area (Å²) in [5.41, 5.74) is 1.68. The minimum Gasteiger partial charge on any atom is -0.333 e. The fourth-order valence-corrected chi connectivity index (χ4v) is 2.89. The summed E-state index contributed by atoms with van der Waals surface area (Å²) < 4.78 is 13.0. The van der Waals surface area contributed by atoms with Crippen molar-refractivity contribution >= 4 is 17.6 Å². The van der Waals surface area contributed by atoms with Crippen LogP contribution in [-0.2, 0) is 11.3 Å². The molecule has 130 valence electrons. The highest BCUT2D eigenvalue weighted by Crippen LogP contribution is 2.22. The fourth-order valence-electron chi connectivity index (χ4n) is 2.89. The van der Waals surface area contributed by atoms with Crippen molar-refractivity contribution < 1.29 is 14.0 Å². The second-order valence-corrected chi connectivity index (χ2v) is 6.17. The van der Waals surface area contributed by atoms with Gasteiger partial charge < -0.3 is 15.1 Å². The van der Waals surface area contributed by atoms with Crippen LogP contribution < -0.4 is 10.2 Å². The van der Waals surface area contributed by atoms with Gasteiger partial charge in [-0.05, 0) is 29.8 Å². The number of hydrogen-bond acceptors (Lipinski definition) is 2. The molecular formula is C19H20FN3O2. The first-order valence-corrected chi connectivity index (χ1v) is 8.14. The van der Waals surface area contributed by atoms with Gasteiger partial charge in [0.15, 0.2) is 0 Å². The fraction of sp³-hybridized carbons (Fsp3) is 0.263. The average molecular weight is 341 g/mol. The van der Waals surface area contributed by atoms with E-state index in [4.69, 9.17) is 0 Å². The molecule has 25 heavy (non-hydrogen) atoms. The van der Waals surface area contributed by atoms with Crippen molar-refractivity contribution in [3.8, 4) is 0 Å². The highest BCUT2D eigenvalue weighted by molar-refractivity contribution is 5.96. The van der Waals surface area contributed by atoms with Gasteiger partial charge in [0.05, 0.1) is 6.04 Å². The molecule has 1 aliphatic heterocycles. The Morgan fingerprint density at radius 1 is 1.20 bits per heavy atom. The van der Waals surface area contributed by atoms with Crippen LogP contribution in [0.25, 0.3) is 0 Å². The largest absolute Gasteiger partial charge is 0.333 e. The van der Waals surface area contributed by atoms with E-state index in [0.29, 0.717) is 18.8 Å². The molecule has 0 bridgehead atoms. The number of benzene rings is 2. The van der Waals surface area contributed by atoms with Crippen molar-refractivity contribution in [2.75, 3.05) is 18.5 Å². The molecule has 5 nitrogen and oxygen atoms in total. The van der Waals surface area contributed by atoms with Crippen LogP contribution in [-0.4, -0.2) is 36.5 Å². The Balaban J connectivity index is 1.57. The third kappa shape index (κ3) is 4.15. The Kier molecular flexibility index (Phi) is 4.97. The van der Waals surface area contributed by atoms with E-state index in [-0.39, 0.29) is 30.2 Å². The molecule has 6 heteroatoms. The molecule has 0 aromatic heterocycles. The lowest BCUT2D eigenvalue weighted by molar-refractivity contribution is -0.117. The van der Waals surface area contributed by atoms with Gasteiger partial charge in [-0.2, -0.15) is 0 Å². The normalized spacial score (nSPS) is 16.8. The molecular weight excluding hydrogens is 321 g/mol. The molecule has 1 N–H and O–H groups in total. The molecule has 1 aliphatic rings. The van der Waals surface area contributed by atoms with Crippen molar-refractivity contribution in [3.63, 3.8) is 0 Å². The summed E-state index contributed by atoms with van der Waals surface area (Å²) in [6.45, 7) is 0.879. The van der Waals surface area contributed by atoms with Gasteiger partial charge in [-0.15, -0.1) is 0 Å². The van der Waals surface area contributed by atoms with Crippen molar-refractivity contribution in [1.29, 1.82) is 0 Å². The highest BCUT2D eigenvalue weighted by atomic mass is 19.1. The number of rotatable bonds is 4. The van der Waals surface area contributed by atoms with E-state index in [1.165, 1.54) is 12.1 Å². The maximum atomic E-state index is 13.0. The molecule has 3 amide bonds. The molecule has 0 radical (unpaired) electrons. The van der Waals surface area contributed by atoms with Crippen LogP contribution in [0.4, 0.5) is 14.9 Å². The van der Waals surface area contributed by atoms with Crippen molar-refractivity contribution in [1.82, 2.24) is 10.2 Å². The topological polar surface area (TPSA) is 52.7 Å². The summed E-state index contributed by atoms with van der Waals surface area (Å²) in [5.74, 6) is -0.426. The van der Waals surface area contributed by atoms with Crippen LogP contribution in [0.5, 0.6) is 0 Å². The first-order chi connectivity index (χ1) is 12.0. The molecule has 2 aromatic rings. The molecule has 0 saturated carbocycles. The summed E-state index contributed by atoms with van der Waals surface area (Å²) in [5, 5.41) is 2.89. The molecule has 1 heterocycles. The Morgan fingerprint density at radius 2 is 1.88 bits per heavy atom. The lowest BCUT2D eigenvalue weighted by atomic mass is 10.2. The van der Waals surface area contributed by atoms with Gasteiger partial charge in [0.25, 0.3) is 0 Å². The van der Waals surface area contributed by atoms with Crippen LogP contribution in [0.3, 0.4) is 0 Å². The maximum Gasteiger partial charge on any atom is 0.317 e. The van der Waals surface area contributed by atoms with Gasteiger partial charge in [-0.1, -0.05) is 30.3 Å². The highest BCUT2D eigenvalue weighted by Gasteiger charge is 2.32. The number of anilines is 1. The van der Waals surface area contributed by atoms with Crippen molar-refractivity contribution in [3.05, 3.63) is 66.0 Å². The number of hydrogen-bond donors (Lipinski definition) is 1. The number of halogens is 1.